The lowest BCUT2D eigenvalue weighted by molar-refractivity contribution is 0.919. The Bertz CT molecular complexity index is 1020. The third-order valence-corrected chi connectivity index (χ3v) is 6.34. The van der Waals surface area contributed by atoms with E-state index in [2.05, 4.69) is 20.2 Å². The predicted molar refractivity (Wildman–Crippen MR) is 99.9 cm³/mol. The number of aromatic nitrogens is 4. The van der Waals surface area contributed by atoms with Gasteiger partial charge in [0.15, 0.2) is 4.34 Å². The zero-order chi connectivity index (χ0) is 16.5. The summed E-state index contributed by atoms with van der Waals surface area (Å²) in [5.74, 6) is 0.661. The van der Waals surface area contributed by atoms with E-state index in [4.69, 9.17) is 0 Å². The topological polar surface area (TPSA) is 71.5 Å². The van der Waals surface area contributed by atoms with Gasteiger partial charge in [0.05, 0.1) is 10.6 Å². The normalized spacial score (nSPS) is 12.5. The average Bonchev–Trinajstić information content (AvgIpc) is 3.25. The van der Waals surface area contributed by atoms with Crippen LogP contribution >= 0.6 is 34.4 Å². The van der Waals surface area contributed by atoms with Crippen LogP contribution in [0.5, 0.6) is 0 Å². The Morgan fingerprint density at radius 3 is 2.79 bits per heavy atom. The van der Waals surface area contributed by atoms with Gasteiger partial charge in [0.1, 0.15) is 16.2 Å². The second-order valence-corrected chi connectivity index (χ2v) is 8.39. The van der Waals surface area contributed by atoms with Gasteiger partial charge in [-0.2, -0.15) is 0 Å². The number of hydrogen-bond donors (Lipinski definition) is 1. The molecule has 120 valence electrons. The molecular formula is C16H12N4OS3. The molecule has 0 aliphatic carbocycles. The molecule has 1 unspecified atom stereocenters. The van der Waals surface area contributed by atoms with Crippen molar-refractivity contribution < 1.29 is 0 Å². The molecule has 1 aromatic carbocycles. The third-order valence-electron chi connectivity index (χ3n) is 3.55. The van der Waals surface area contributed by atoms with E-state index >= 15 is 0 Å². The molecule has 0 spiro atoms. The van der Waals surface area contributed by atoms with Crippen LogP contribution < -0.4 is 5.56 Å². The fourth-order valence-corrected chi connectivity index (χ4v) is 5.05. The van der Waals surface area contributed by atoms with Crippen molar-refractivity contribution in [3.63, 3.8) is 0 Å². The zero-order valence-corrected chi connectivity index (χ0v) is 15.0. The number of hydrogen-bond acceptors (Lipinski definition) is 7. The van der Waals surface area contributed by atoms with Gasteiger partial charge in [-0.3, -0.25) is 4.79 Å². The molecule has 0 aliphatic heterocycles. The van der Waals surface area contributed by atoms with Gasteiger partial charge in [-0.25, -0.2) is 4.98 Å². The maximum absolute atomic E-state index is 12.6. The van der Waals surface area contributed by atoms with Gasteiger partial charge in [-0.1, -0.05) is 53.4 Å². The van der Waals surface area contributed by atoms with Gasteiger partial charge >= 0.3 is 0 Å². The Hall–Kier alpha value is -2.03. The first kappa shape index (κ1) is 15.5. The summed E-state index contributed by atoms with van der Waals surface area (Å²) in [7, 11) is 0. The second kappa shape index (κ2) is 6.46. The molecule has 3 heterocycles. The molecule has 3 aromatic heterocycles. The number of fused-ring (bicyclic) bond motifs is 1. The molecule has 0 fully saturated rings. The molecule has 0 bridgehead atoms. The molecular weight excluding hydrogens is 360 g/mol. The molecule has 0 aliphatic rings. The van der Waals surface area contributed by atoms with Crippen molar-refractivity contribution in [3.05, 3.63) is 57.4 Å². The van der Waals surface area contributed by atoms with Gasteiger partial charge in [0.2, 0.25) is 0 Å². The van der Waals surface area contributed by atoms with E-state index in [0.29, 0.717) is 11.2 Å². The Morgan fingerprint density at radius 1 is 1.21 bits per heavy atom. The van der Waals surface area contributed by atoms with Gasteiger partial charge in [-0.05, 0) is 12.5 Å². The first-order chi connectivity index (χ1) is 11.7. The fourth-order valence-electron chi connectivity index (χ4n) is 2.41. The van der Waals surface area contributed by atoms with E-state index in [1.165, 1.54) is 22.7 Å². The Balaban J connectivity index is 1.75. The van der Waals surface area contributed by atoms with Crippen LogP contribution in [0.3, 0.4) is 0 Å². The summed E-state index contributed by atoms with van der Waals surface area (Å²) in [6.45, 7) is 2.00. The van der Waals surface area contributed by atoms with Crippen LogP contribution in [0.1, 0.15) is 18.0 Å². The first-order valence-electron chi connectivity index (χ1n) is 7.22. The minimum atomic E-state index is -0.0974. The maximum Gasteiger partial charge on any atom is 0.260 e. The summed E-state index contributed by atoms with van der Waals surface area (Å²) in [5.41, 5.74) is 3.56. The van der Waals surface area contributed by atoms with E-state index in [1.807, 2.05) is 42.6 Å². The van der Waals surface area contributed by atoms with Crippen LogP contribution in [0.2, 0.25) is 0 Å². The molecule has 24 heavy (non-hydrogen) atoms. The highest BCUT2D eigenvalue weighted by Crippen LogP contribution is 2.35. The number of benzene rings is 1. The van der Waals surface area contributed by atoms with Gasteiger partial charge < -0.3 is 4.98 Å². The number of thiophene rings is 1. The molecule has 4 rings (SSSR count). The molecule has 8 heteroatoms. The summed E-state index contributed by atoms with van der Waals surface area (Å²) >= 11 is 4.52. The van der Waals surface area contributed by atoms with Crippen LogP contribution in [0.15, 0.2) is 50.4 Å². The summed E-state index contributed by atoms with van der Waals surface area (Å²) in [6.07, 6.45) is 0. The first-order valence-corrected chi connectivity index (χ1v) is 9.86. The van der Waals surface area contributed by atoms with E-state index in [1.54, 1.807) is 17.3 Å². The smallest absolute Gasteiger partial charge is 0.260 e. The van der Waals surface area contributed by atoms with Crippen LogP contribution in [0.4, 0.5) is 0 Å². The number of rotatable bonds is 4. The molecule has 0 saturated heterocycles. The summed E-state index contributed by atoms with van der Waals surface area (Å²) in [6, 6.07) is 9.90. The monoisotopic (exact) mass is 372 g/mol. The van der Waals surface area contributed by atoms with E-state index in [0.717, 1.165) is 20.3 Å². The van der Waals surface area contributed by atoms with Crippen molar-refractivity contribution in [1.29, 1.82) is 0 Å². The number of H-pyrrole nitrogens is 1. The van der Waals surface area contributed by atoms with Crippen LogP contribution in [0.25, 0.3) is 21.3 Å². The van der Waals surface area contributed by atoms with Crippen molar-refractivity contribution in [1.82, 2.24) is 20.2 Å². The van der Waals surface area contributed by atoms with Crippen molar-refractivity contribution in [2.24, 2.45) is 0 Å². The molecule has 0 saturated carbocycles. The molecule has 1 N–H and O–H groups in total. The predicted octanol–water partition coefficient (Wildman–Crippen LogP) is 4.36. The standard InChI is InChI=1S/C16H12N4OS3/c1-9(24-16-20-17-8-23-16)13-18-14(21)12-11(7-22-15(12)19-13)10-5-3-2-4-6-10/h2-9H,1H3,(H,18,19,21). The SMILES string of the molecule is CC(Sc1nncs1)c1nc2scc(-c3ccccc3)c2c(=O)[nH]1. The summed E-state index contributed by atoms with van der Waals surface area (Å²) in [5, 5.41) is 10.5. The van der Waals surface area contributed by atoms with E-state index in [-0.39, 0.29) is 10.8 Å². The molecule has 4 aromatic rings. The lowest BCUT2D eigenvalue weighted by Crippen LogP contribution is -2.12. The summed E-state index contributed by atoms with van der Waals surface area (Å²) in [4.78, 5) is 21.0. The zero-order valence-electron chi connectivity index (χ0n) is 12.6. The quantitative estimate of drug-likeness (QED) is 0.539. The van der Waals surface area contributed by atoms with E-state index in [9.17, 15) is 4.79 Å². The third kappa shape index (κ3) is 2.88. The lowest BCUT2D eigenvalue weighted by Gasteiger charge is -2.08. The molecule has 5 nitrogen and oxygen atoms in total. The number of thioether (sulfide) groups is 1. The van der Waals surface area contributed by atoms with Crippen LogP contribution in [0, 0.1) is 0 Å². The van der Waals surface area contributed by atoms with Gasteiger partial charge in [0.25, 0.3) is 5.56 Å². The van der Waals surface area contributed by atoms with Crippen LogP contribution in [-0.4, -0.2) is 20.2 Å². The molecule has 0 radical (unpaired) electrons. The second-order valence-electron chi connectivity index (χ2n) is 5.11. The Labute approximate surface area is 149 Å². The number of nitrogens with one attached hydrogen (secondary N) is 1. The summed E-state index contributed by atoms with van der Waals surface area (Å²) < 4.78 is 0.862. The average molecular weight is 373 g/mol. The highest BCUT2D eigenvalue weighted by atomic mass is 32.2. The van der Waals surface area contributed by atoms with E-state index < -0.39 is 0 Å². The largest absolute Gasteiger partial charge is 0.309 e. The Kier molecular flexibility index (Phi) is 4.17. The van der Waals surface area contributed by atoms with Gasteiger partial charge in [0, 0.05) is 10.9 Å². The minimum Gasteiger partial charge on any atom is -0.309 e. The van der Waals surface area contributed by atoms with Crippen molar-refractivity contribution in [3.8, 4) is 11.1 Å². The van der Waals surface area contributed by atoms with Gasteiger partial charge in [-0.15, -0.1) is 21.5 Å². The lowest BCUT2D eigenvalue weighted by atomic mass is 10.1. The highest BCUT2D eigenvalue weighted by Gasteiger charge is 2.17. The number of aromatic amines is 1. The van der Waals surface area contributed by atoms with Crippen molar-refractivity contribution >= 4 is 44.7 Å². The fraction of sp³-hybridized carbons (Fsp3) is 0.125. The number of nitrogens with zero attached hydrogens (tertiary/aromatic N) is 3. The van der Waals surface area contributed by atoms with Crippen molar-refractivity contribution in [2.45, 2.75) is 16.5 Å². The Morgan fingerprint density at radius 2 is 2.04 bits per heavy atom. The van der Waals surface area contributed by atoms with Crippen molar-refractivity contribution in [2.75, 3.05) is 0 Å². The molecule has 1 atom stereocenters. The van der Waals surface area contributed by atoms with Crippen LogP contribution in [-0.2, 0) is 0 Å². The molecule has 0 amide bonds. The highest BCUT2D eigenvalue weighted by molar-refractivity contribution is 8.01. The minimum absolute atomic E-state index is 0.00248. The maximum atomic E-state index is 12.6.